The van der Waals surface area contributed by atoms with Gasteiger partial charge in [0.1, 0.15) is 0 Å². The summed E-state index contributed by atoms with van der Waals surface area (Å²) in [5, 5.41) is 3.33. The maximum absolute atomic E-state index is 12.2. The van der Waals surface area contributed by atoms with Crippen LogP contribution in [0.5, 0.6) is 0 Å². The Morgan fingerprint density at radius 2 is 1.81 bits per heavy atom. The van der Waals surface area contributed by atoms with Crippen molar-refractivity contribution in [2.75, 3.05) is 30.7 Å². The lowest BCUT2D eigenvalue weighted by atomic mass is 10.1. The Morgan fingerprint density at radius 3 is 2.33 bits per heavy atom. The number of rotatable bonds is 7. The molecule has 118 valence electrons. The predicted molar refractivity (Wildman–Crippen MR) is 90.6 cm³/mol. The molecule has 0 aliphatic heterocycles. The van der Waals surface area contributed by atoms with Crippen LogP contribution in [0, 0.1) is 11.8 Å². The van der Waals surface area contributed by atoms with E-state index in [0.717, 1.165) is 13.1 Å². The zero-order chi connectivity index (χ0) is 16.0. The number of nitrogens with two attached hydrogens (primary N) is 1. The molecule has 0 saturated carbocycles. The number of halogens is 1. The van der Waals surface area contributed by atoms with Gasteiger partial charge in [0.2, 0.25) is 5.91 Å². The molecule has 5 heteroatoms. The number of hydrogen-bond donors (Lipinski definition) is 2. The van der Waals surface area contributed by atoms with Gasteiger partial charge in [-0.15, -0.1) is 0 Å². The molecule has 3 N–H and O–H groups in total. The fraction of sp³-hybridized carbons (Fsp3) is 0.562. The molecular formula is C16H26ClN3O. The normalized spacial score (nSPS) is 11.4. The molecule has 0 radical (unpaired) electrons. The molecule has 0 saturated heterocycles. The number of nitrogens with one attached hydrogen (secondary N) is 1. The Bertz CT molecular complexity index is 465. The van der Waals surface area contributed by atoms with E-state index in [0.29, 0.717) is 34.8 Å². The largest absolute Gasteiger partial charge is 0.399 e. The highest BCUT2D eigenvalue weighted by molar-refractivity contribution is 6.33. The summed E-state index contributed by atoms with van der Waals surface area (Å²) in [6.45, 7) is 10.8. The van der Waals surface area contributed by atoms with Crippen LogP contribution < -0.4 is 11.1 Å². The number of anilines is 2. The van der Waals surface area contributed by atoms with E-state index in [1.807, 2.05) is 0 Å². The molecule has 0 fully saturated rings. The minimum absolute atomic E-state index is 0.0659. The summed E-state index contributed by atoms with van der Waals surface area (Å²) in [6.07, 6.45) is 0. The first-order chi connectivity index (χ1) is 9.77. The third-order valence-corrected chi connectivity index (χ3v) is 3.21. The van der Waals surface area contributed by atoms with E-state index in [1.54, 1.807) is 18.2 Å². The van der Waals surface area contributed by atoms with E-state index in [1.165, 1.54) is 0 Å². The standard InChI is InChI=1S/C16H26ClN3O/c1-11(2)8-20(9-12(3)4)10-16(21)19-15-7-13(18)5-6-14(15)17/h5-7,11-12H,8-10,18H2,1-4H3,(H,19,21). The molecule has 0 aliphatic rings. The van der Waals surface area contributed by atoms with Gasteiger partial charge in [0, 0.05) is 18.8 Å². The number of hydrogen-bond acceptors (Lipinski definition) is 3. The first kappa shape index (κ1) is 17.8. The molecule has 0 heterocycles. The topological polar surface area (TPSA) is 58.4 Å². The Labute approximate surface area is 132 Å². The number of benzene rings is 1. The van der Waals surface area contributed by atoms with Gasteiger partial charge in [-0.1, -0.05) is 39.3 Å². The van der Waals surface area contributed by atoms with Crippen molar-refractivity contribution >= 4 is 28.9 Å². The zero-order valence-corrected chi connectivity index (χ0v) is 14.1. The van der Waals surface area contributed by atoms with Gasteiger partial charge in [-0.3, -0.25) is 9.69 Å². The van der Waals surface area contributed by atoms with Crippen molar-refractivity contribution in [1.82, 2.24) is 4.90 Å². The fourth-order valence-electron chi connectivity index (χ4n) is 2.27. The van der Waals surface area contributed by atoms with E-state index in [-0.39, 0.29) is 5.91 Å². The first-order valence-corrected chi connectivity index (χ1v) is 7.73. The average Bonchev–Trinajstić information content (AvgIpc) is 2.31. The third kappa shape index (κ3) is 6.82. The second-order valence-electron chi connectivity index (χ2n) is 6.27. The zero-order valence-electron chi connectivity index (χ0n) is 13.3. The molecule has 1 aromatic carbocycles. The molecule has 0 spiro atoms. The molecule has 1 aromatic rings. The van der Waals surface area contributed by atoms with Gasteiger partial charge < -0.3 is 11.1 Å². The van der Waals surface area contributed by atoms with Crippen molar-refractivity contribution < 1.29 is 4.79 Å². The molecule has 0 unspecified atom stereocenters. The lowest BCUT2D eigenvalue weighted by Crippen LogP contribution is -2.38. The number of amides is 1. The summed E-state index contributed by atoms with van der Waals surface area (Å²) in [4.78, 5) is 14.4. The predicted octanol–water partition coefficient (Wildman–Crippen LogP) is 3.47. The summed E-state index contributed by atoms with van der Waals surface area (Å²) >= 11 is 6.06. The van der Waals surface area contributed by atoms with Gasteiger partial charge in [-0.05, 0) is 30.0 Å². The smallest absolute Gasteiger partial charge is 0.238 e. The molecule has 0 bridgehead atoms. The molecule has 0 aliphatic carbocycles. The fourth-order valence-corrected chi connectivity index (χ4v) is 2.43. The number of nitrogens with zero attached hydrogens (tertiary/aromatic N) is 1. The maximum Gasteiger partial charge on any atom is 0.238 e. The van der Waals surface area contributed by atoms with Crippen LogP contribution in [0.15, 0.2) is 18.2 Å². The number of carbonyl (C=O) groups excluding carboxylic acids is 1. The van der Waals surface area contributed by atoms with E-state index in [2.05, 4.69) is 37.9 Å². The van der Waals surface area contributed by atoms with Gasteiger partial charge in [-0.2, -0.15) is 0 Å². The van der Waals surface area contributed by atoms with Crippen molar-refractivity contribution in [1.29, 1.82) is 0 Å². The summed E-state index contributed by atoms with van der Waals surface area (Å²) in [5.74, 6) is 0.976. The summed E-state index contributed by atoms with van der Waals surface area (Å²) in [5.41, 5.74) is 6.86. The molecule has 1 amide bonds. The molecule has 21 heavy (non-hydrogen) atoms. The van der Waals surface area contributed by atoms with Crippen molar-refractivity contribution in [2.24, 2.45) is 11.8 Å². The second-order valence-corrected chi connectivity index (χ2v) is 6.68. The minimum Gasteiger partial charge on any atom is -0.399 e. The highest BCUT2D eigenvalue weighted by atomic mass is 35.5. The highest BCUT2D eigenvalue weighted by Crippen LogP contribution is 2.24. The van der Waals surface area contributed by atoms with Gasteiger partial charge in [0.05, 0.1) is 17.3 Å². The monoisotopic (exact) mass is 311 g/mol. The molecule has 0 aromatic heterocycles. The Morgan fingerprint density at radius 1 is 1.24 bits per heavy atom. The Hall–Kier alpha value is -1.26. The van der Waals surface area contributed by atoms with Gasteiger partial charge in [0.15, 0.2) is 0 Å². The maximum atomic E-state index is 12.2. The van der Waals surface area contributed by atoms with Crippen molar-refractivity contribution in [3.8, 4) is 0 Å². The van der Waals surface area contributed by atoms with E-state index in [9.17, 15) is 4.79 Å². The molecule has 0 atom stereocenters. The third-order valence-electron chi connectivity index (χ3n) is 2.88. The minimum atomic E-state index is -0.0659. The van der Waals surface area contributed by atoms with Crippen LogP contribution in [-0.4, -0.2) is 30.4 Å². The SMILES string of the molecule is CC(C)CN(CC(=O)Nc1cc(N)ccc1Cl)CC(C)C. The van der Waals surface area contributed by atoms with Crippen LogP contribution in [0.2, 0.25) is 5.02 Å². The van der Waals surface area contributed by atoms with Gasteiger partial charge in [0.25, 0.3) is 0 Å². The van der Waals surface area contributed by atoms with Gasteiger partial charge in [-0.25, -0.2) is 0 Å². The summed E-state index contributed by atoms with van der Waals surface area (Å²) in [7, 11) is 0. The molecular weight excluding hydrogens is 286 g/mol. The van der Waals surface area contributed by atoms with Crippen LogP contribution in [0.4, 0.5) is 11.4 Å². The summed E-state index contributed by atoms with van der Waals surface area (Å²) in [6, 6.07) is 5.07. The summed E-state index contributed by atoms with van der Waals surface area (Å²) < 4.78 is 0. The van der Waals surface area contributed by atoms with E-state index < -0.39 is 0 Å². The van der Waals surface area contributed by atoms with Crippen LogP contribution in [0.3, 0.4) is 0 Å². The lowest BCUT2D eigenvalue weighted by Gasteiger charge is -2.25. The van der Waals surface area contributed by atoms with Crippen LogP contribution >= 0.6 is 11.6 Å². The van der Waals surface area contributed by atoms with Crippen LogP contribution in [0.25, 0.3) is 0 Å². The van der Waals surface area contributed by atoms with E-state index >= 15 is 0 Å². The van der Waals surface area contributed by atoms with Crippen molar-refractivity contribution in [2.45, 2.75) is 27.7 Å². The highest BCUT2D eigenvalue weighted by Gasteiger charge is 2.14. The Kier molecular flexibility index (Phi) is 6.99. The quantitative estimate of drug-likeness (QED) is 0.758. The molecule has 1 rings (SSSR count). The van der Waals surface area contributed by atoms with Crippen molar-refractivity contribution in [3.63, 3.8) is 0 Å². The van der Waals surface area contributed by atoms with Crippen molar-refractivity contribution in [3.05, 3.63) is 23.2 Å². The lowest BCUT2D eigenvalue weighted by molar-refractivity contribution is -0.117. The Balaban J connectivity index is 2.66. The number of carbonyl (C=O) groups is 1. The molecule has 4 nitrogen and oxygen atoms in total. The van der Waals surface area contributed by atoms with Crippen LogP contribution in [0.1, 0.15) is 27.7 Å². The average molecular weight is 312 g/mol. The van der Waals surface area contributed by atoms with Gasteiger partial charge >= 0.3 is 0 Å². The number of nitrogen functional groups attached to an aromatic ring is 1. The first-order valence-electron chi connectivity index (χ1n) is 7.35. The van der Waals surface area contributed by atoms with E-state index in [4.69, 9.17) is 17.3 Å². The second kappa shape index (κ2) is 8.25. The van der Waals surface area contributed by atoms with Crippen LogP contribution in [-0.2, 0) is 4.79 Å².